The second-order valence-electron chi connectivity index (χ2n) is 5.43. The minimum Gasteiger partial charge on any atom is -0.405 e. The van der Waals surface area contributed by atoms with E-state index >= 15 is 0 Å². The third kappa shape index (κ3) is 6.02. The first-order valence-electron chi connectivity index (χ1n) is 7.18. The molecule has 0 unspecified atom stereocenters. The summed E-state index contributed by atoms with van der Waals surface area (Å²) in [6.07, 6.45) is -2.50. The van der Waals surface area contributed by atoms with Crippen molar-refractivity contribution in [2.45, 2.75) is 25.7 Å². The molecule has 1 heterocycles. The van der Waals surface area contributed by atoms with Crippen LogP contribution < -0.4 is 10.1 Å². The number of ether oxygens (including phenoxy) is 1. The van der Waals surface area contributed by atoms with Gasteiger partial charge in [0.05, 0.1) is 0 Å². The second-order valence-corrected chi connectivity index (χ2v) is 5.43. The zero-order chi connectivity index (χ0) is 15.3. The van der Waals surface area contributed by atoms with E-state index in [0.29, 0.717) is 18.0 Å². The van der Waals surface area contributed by atoms with E-state index in [2.05, 4.69) is 15.0 Å². The molecule has 1 saturated heterocycles. The van der Waals surface area contributed by atoms with E-state index in [0.717, 1.165) is 32.5 Å². The maximum Gasteiger partial charge on any atom is 0.573 e. The number of nitrogens with one attached hydrogen (secondary N) is 1. The van der Waals surface area contributed by atoms with E-state index in [1.165, 1.54) is 6.07 Å². The Bertz CT molecular complexity index is 449. The molecule has 1 aromatic rings. The molecule has 7 heteroatoms. The molecule has 3 nitrogen and oxygen atoms in total. The van der Waals surface area contributed by atoms with E-state index < -0.39 is 6.36 Å². The van der Waals surface area contributed by atoms with Gasteiger partial charge in [0.2, 0.25) is 0 Å². The van der Waals surface area contributed by atoms with Gasteiger partial charge in [-0.25, -0.2) is 0 Å². The Hall–Kier alpha value is -0.980. The molecule has 2 rings (SSSR count). The molecule has 1 aliphatic heterocycles. The summed E-state index contributed by atoms with van der Waals surface area (Å²) in [5.74, 6) is 0.565. The zero-order valence-electron chi connectivity index (χ0n) is 12.5. The summed E-state index contributed by atoms with van der Waals surface area (Å²) in [5, 5.41) is 3.17. The maximum absolute atomic E-state index is 12.4. The van der Waals surface area contributed by atoms with Gasteiger partial charge in [0.15, 0.2) is 0 Å². The van der Waals surface area contributed by atoms with Gasteiger partial charge in [-0.1, -0.05) is 18.2 Å². The lowest BCUT2D eigenvalue weighted by Crippen LogP contribution is -2.36. The summed E-state index contributed by atoms with van der Waals surface area (Å²) in [7, 11) is 1.94. The second kappa shape index (κ2) is 8.60. The Labute approximate surface area is 135 Å². The molecular formula is C15H22ClF3N2O. The highest BCUT2D eigenvalue weighted by Gasteiger charge is 2.32. The first-order valence-corrected chi connectivity index (χ1v) is 7.18. The summed E-state index contributed by atoms with van der Waals surface area (Å²) >= 11 is 0. The highest BCUT2D eigenvalue weighted by atomic mass is 35.5. The Kier molecular flexibility index (Phi) is 7.45. The number of hydrogen-bond donors (Lipinski definition) is 1. The Morgan fingerprint density at radius 2 is 1.86 bits per heavy atom. The average molecular weight is 339 g/mol. The SMILES string of the molecule is CNCC1CCN(Cc2ccccc2OC(F)(F)F)CC1.Cl. The van der Waals surface area contributed by atoms with E-state index in [1.807, 2.05) is 7.05 Å². The first-order chi connectivity index (χ1) is 9.98. The molecule has 22 heavy (non-hydrogen) atoms. The van der Waals surface area contributed by atoms with Crippen molar-refractivity contribution < 1.29 is 17.9 Å². The van der Waals surface area contributed by atoms with Crippen molar-refractivity contribution in [3.63, 3.8) is 0 Å². The number of halogens is 4. The molecule has 0 bridgehead atoms. The van der Waals surface area contributed by atoms with Crippen LogP contribution in [0.5, 0.6) is 5.75 Å². The molecule has 0 atom stereocenters. The number of para-hydroxylation sites is 1. The Morgan fingerprint density at radius 1 is 1.23 bits per heavy atom. The number of nitrogens with zero attached hydrogens (tertiary/aromatic N) is 1. The van der Waals surface area contributed by atoms with Gasteiger partial charge in [0.1, 0.15) is 5.75 Å². The van der Waals surface area contributed by atoms with Crippen LogP contribution in [0, 0.1) is 5.92 Å². The normalized spacial score (nSPS) is 17.1. The van der Waals surface area contributed by atoms with Gasteiger partial charge in [-0.15, -0.1) is 25.6 Å². The van der Waals surface area contributed by atoms with Crippen LogP contribution in [0.25, 0.3) is 0 Å². The lowest BCUT2D eigenvalue weighted by atomic mass is 9.96. The smallest absolute Gasteiger partial charge is 0.405 e. The molecule has 1 N–H and O–H groups in total. The molecule has 0 radical (unpaired) electrons. The van der Waals surface area contributed by atoms with Crippen LogP contribution in [0.4, 0.5) is 13.2 Å². The number of hydrogen-bond acceptors (Lipinski definition) is 3. The summed E-state index contributed by atoms with van der Waals surface area (Å²) in [4.78, 5) is 2.19. The summed E-state index contributed by atoms with van der Waals surface area (Å²) in [6, 6.07) is 6.37. The largest absolute Gasteiger partial charge is 0.573 e. The van der Waals surface area contributed by atoms with Crippen molar-refractivity contribution in [2.75, 3.05) is 26.7 Å². The fourth-order valence-electron chi connectivity index (χ4n) is 2.74. The molecule has 0 spiro atoms. The number of piperidine rings is 1. The lowest BCUT2D eigenvalue weighted by Gasteiger charge is -2.32. The van der Waals surface area contributed by atoms with Crippen molar-refractivity contribution in [3.05, 3.63) is 29.8 Å². The zero-order valence-corrected chi connectivity index (χ0v) is 13.3. The van der Waals surface area contributed by atoms with Crippen molar-refractivity contribution >= 4 is 12.4 Å². The average Bonchev–Trinajstić information content (AvgIpc) is 2.42. The maximum atomic E-state index is 12.4. The van der Waals surface area contributed by atoms with Crippen LogP contribution in [0.2, 0.25) is 0 Å². The molecule has 126 valence electrons. The van der Waals surface area contributed by atoms with E-state index in [9.17, 15) is 13.2 Å². The molecule has 0 saturated carbocycles. The predicted octanol–water partition coefficient (Wildman–Crippen LogP) is 3.44. The van der Waals surface area contributed by atoms with Gasteiger partial charge < -0.3 is 10.1 Å². The molecular weight excluding hydrogens is 317 g/mol. The third-order valence-electron chi connectivity index (χ3n) is 3.79. The van der Waals surface area contributed by atoms with Crippen molar-refractivity contribution in [1.82, 2.24) is 10.2 Å². The Balaban J connectivity index is 0.00000242. The topological polar surface area (TPSA) is 24.5 Å². The quantitative estimate of drug-likeness (QED) is 0.890. The highest BCUT2D eigenvalue weighted by molar-refractivity contribution is 5.85. The van der Waals surface area contributed by atoms with Gasteiger partial charge in [-0.2, -0.15) is 0 Å². The number of alkyl halides is 3. The van der Waals surface area contributed by atoms with Gasteiger partial charge in [0, 0.05) is 12.1 Å². The fourth-order valence-corrected chi connectivity index (χ4v) is 2.74. The standard InChI is InChI=1S/C15H21F3N2O.ClH/c1-19-10-12-6-8-20(9-7-12)11-13-4-2-3-5-14(13)21-15(16,17)18;/h2-5,12,19H,6-11H2,1H3;1H. The number of rotatable bonds is 5. The van der Waals surface area contributed by atoms with Crippen molar-refractivity contribution in [1.29, 1.82) is 0 Å². The molecule has 1 aliphatic rings. The van der Waals surface area contributed by atoms with E-state index in [4.69, 9.17) is 0 Å². The molecule has 1 aromatic carbocycles. The van der Waals surface area contributed by atoms with Gasteiger partial charge >= 0.3 is 6.36 Å². The van der Waals surface area contributed by atoms with Gasteiger partial charge in [-0.05, 0) is 51.5 Å². The minimum absolute atomic E-state index is 0. The molecule has 1 fully saturated rings. The minimum atomic E-state index is -4.64. The van der Waals surface area contributed by atoms with Gasteiger partial charge in [0.25, 0.3) is 0 Å². The molecule has 0 amide bonds. The van der Waals surface area contributed by atoms with Crippen LogP contribution in [0.1, 0.15) is 18.4 Å². The van der Waals surface area contributed by atoms with Crippen LogP contribution in [-0.4, -0.2) is 37.9 Å². The van der Waals surface area contributed by atoms with Crippen molar-refractivity contribution in [3.8, 4) is 5.75 Å². The van der Waals surface area contributed by atoms with Crippen LogP contribution in [0.15, 0.2) is 24.3 Å². The van der Waals surface area contributed by atoms with Crippen LogP contribution in [-0.2, 0) is 6.54 Å². The predicted molar refractivity (Wildman–Crippen MR) is 82.3 cm³/mol. The first kappa shape index (κ1) is 19.1. The van der Waals surface area contributed by atoms with Crippen LogP contribution >= 0.6 is 12.4 Å². The monoisotopic (exact) mass is 338 g/mol. The van der Waals surface area contributed by atoms with Gasteiger partial charge in [-0.3, -0.25) is 4.90 Å². The summed E-state index contributed by atoms with van der Waals surface area (Å²) in [5.41, 5.74) is 0.585. The lowest BCUT2D eigenvalue weighted by molar-refractivity contribution is -0.275. The van der Waals surface area contributed by atoms with E-state index in [-0.39, 0.29) is 18.2 Å². The highest BCUT2D eigenvalue weighted by Crippen LogP contribution is 2.28. The fraction of sp³-hybridized carbons (Fsp3) is 0.600. The number of likely N-dealkylation sites (tertiary alicyclic amines) is 1. The summed E-state index contributed by atoms with van der Waals surface area (Å²) in [6.45, 7) is 3.32. The summed E-state index contributed by atoms with van der Waals surface area (Å²) < 4.78 is 41.3. The number of benzene rings is 1. The van der Waals surface area contributed by atoms with Crippen molar-refractivity contribution in [2.24, 2.45) is 5.92 Å². The van der Waals surface area contributed by atoms with Crippen LogP contribution in [0.3, 0.4) is 0 Å². The Morgan fingerprint density at radius 3 is 2.45 bits per heavy atom. The molecule has 0 aliphatic carbocycles. The van der Waals surface area contributed by atoms with E-state index in [1.54, 1.807) is 18.2 Å². The molecule has 0 aromatic heterocycles. The third-order valence-corrected chi connectivity index (χ3v) is 3.79.